The topological polar surface area (TPSA) is 36.0 Å². The molecule has 5 nitrogen and oxygen atoms in total. The molecule has 24 heavy (non-hydrogen) atoms. The number of ether oxygens (including phenoxy) is 1. The van der Waals surface area contributed by atoms with Gasteiger partial charge in [0.05, 0.1) is 0 Å². The Morgan fingerprint density at radius 2 is 1.62 bits per heavy atom. The van der Waals surface area contributed by atoms with E-state index in [2.05, 4.69) is 4.90 Å². The normalized spacial score (nSPS) is 19.0. The smallest absolute Gasteiger partial charge is 0.260 e. The summed E-state index contributed by atoms with van der Waals surface area (Å²) in [7, 11) is 1.98. The van der Waals surface area contributed by atoms with Gasteiger partial charge in [0.25, 0.3) is 5.91 Å². The molecule has 0 aliphatic carbocycles. The van der Waals surface area contributed by atoms with E-state index in [9.17, 15) is 13.6 Å². The molecule has 1 amide bonds. The van der Waals surface area contributed by atoms with Crippen LogP contribution in [0.15, 0.2) is 12.1 Å². The molecule has 0 bridgehead atoms. The molecule has 2 aliphatic heterocycles. The summed E-state index contributed by atoms with van der Waals surface area (Å²) in [5.41, 5.74) is -0.0127. The van der Waals surface area contributed by atoms with E-state index < -0.39 is 11.6 Å². The van der Waals surface area contributed by atoms with Gasteiger partial charge in [-0.1, -0.05) is 0 Å². The number of likely N-dealkylation sites (N-methyl/N-ethyl adjacent to an activating group) is 1. The fourth-order valence-corrected chi connectivity index (χ4v) is 3.16. The molecule has 2 fully saturated rings. The zero-order valence-corrected chi connectivity index (χ0v) is 13.9. The fraction of sp³-hybridized carbons (Fsp3) is 0.588. The monoisotopic (exact) mass is 339 g/mol. The van der Waals surface area contributed by atoms with E-state index in [-0.39, 0.29) is 24.0 Å². The quantitative estimate of drug-likeness (QED) is 0.837. The zero-order chi connectivity index (χ0) is 17.1. The predicted octanol–water partition coefficient (Wildman–Crippen LogP) is 1.72. The van der Waals surface area contributed by atoms with Crippen molar-refractivity contribution in [3.05, 3.63) is 23.8 Å². The number of carbonyl (C=O) groups excluding carboxylic acids is 1. The molecule has 0 saturated carbocycles. The van der Waals surface area contributed by atoms with Gasteiger partial charge in [0.1, 0.15) is 11.4 Å². The second-order valence-electron chi connectivity index (χ2n) is 6.40. The molecule has 0 radical (unpaired) electrons. The maximum atomic E-state index is 14.3. The summed E-state index contributed by atoms with van der Waals surface area (Å²) in [6.07, 6.45) is 1.99. The van der Waals surface area contributed by atoms with Gasteiger partial charge >= 0.3 is 0 Å². The summed E-state index contributed by atoms with van der Waals surface area (Å²) in [5.74, 6) is -1.39. The highest BCUT2D eigenvalue weighted by atomic mass is 19.1. The van der Waals surface area contributed by atoms with Gasteiger partial charge in [-0.15, -0.1) is 0 Å². The van der Waals surface area contributed by atoms with Crippen molar-refractivity contribution in [2.75, 3.05) is 57.8 Å². The van der Waals surface area contributed by atoms with Crippen LogP contribution in [-0.4, -0.2) is 68.6 Å². The summed E-state index contributed by atoms with van der Waals surface area (Å²) in [6, 6.07) is 2.32. The average molecular weight is 339 g/mol. The van der Waals surface area contributed by atoms with Gasteiger partial charge < -0.3 is 19.4 Å². The molecule has 1 aromatic carbocycles. The van der Waals surface area contributed by atoms with Crippen LogP contribution in [0.2, 0.25) is 0 Å². The first-order chi connectivity index (χ1) is 11.5. The lowest BCUT2D eigenvalue weighted by molar-refractivity contribution is -0.132. The number of nitrogens with zero attached hydrogens (tertiary/aromatic N) is 3. The van der Waals surface area contributed by atoms with E-state index in [0.717, 1.165) is 51.2 Å². The van der Waals surface area contributed by atoms with Gasteiger partial charge in [0, 0.05) is 51.4 Å². The van der Waals surface area contributed by atoms with E-state index in [1.807, 2.05) is 7.05 Å². The number of anilines is 1. The Kier molecular flexibility index (Phi) is 5.18. The van der Waals surface area contributed by atoms with Gasteiger partial charge in [-0.05, 0) is 19.9 Å². The second-order valence-corrected chi connectivity index (χ2v) is 6.40. The number of carbonyl (C=O) groups is 1. The van der Waals surface area contributed by atoms with Crippen molar-refractivity contribution in [1.29, 1.82) is 0 Å². The van der Waals surface area contributed by atoms with Crippen LogP contribution in [-0.2, 0) is 4.79 Å². The molecule has 0 unspecified atom stereocenters. The van der Waals surface area contributed by atoms with E-state index >= 15 is 0 Å². The fourth-order valence-electron chi connectivity index (χ4n) is 3.16. The molecule has 2 heterocycles. The number of piperazine rings is 1. The van der Waals surface area contributed by atoms with Crippen molar-refractivity contribution in [3.63, 3.8) is 0 Å². The second kappa shape index (κ2) is 7.34. The summed E-state index contributed by atoms with van der Waals surface area (Å²) in [5, 5.41) is 0. The predicted molar refractivity (Wildman–Crippen MR) is 87.4 cm³/mol. The van der Waals surface area contributed by atoms with Gasteiger partial charge in [-0.3, -0.25) is 4.79 Å². The summed E-state index contributed by atoms with van der Waals surface area (Å²) < 4.78 is 34.0. The SMILES string of the molecule is CN1CCN(c2c(F)cc(OCC(=O)N3CCCC3)cc2F)CC1. The Bertz CT molecular complexity index is 574. The van der Waals surface area contributed by atoms with Crippen LogP contribution in [0.3, 0.4) is 0 Å². The minimum atomic E-state index is -0.650. The number of hydrogen-bond acceptors (Lipinski definition) is 4. The van der Waals surface area contributed by atoms with Crippen LogP contribution in [0, 0.1) is 11.6 Å². The van der Waals surface area contributed by atoms with Crippen molar-refractivity contribution in [2.24, 2.45) is 0 Å². The molecule has 2 aliphatic rings. The highest BCUT2D eigenvalue weighted by molar-refractivity contribution is 5.78. The number of benzene rings is 1. The molecule has 7 heteroatoms. The molecule has 0 N–H and O–H groups in total. The Hall–Kier alpha value is -1.89. The molecule has 132 valence electrons. The van der Waals surface area contributed by atoms with Crippen LogP contribution in [0.5, 0.6) is 5.75 Å². The number of amides is 1. The molecular weight excluding hydrogens is 316 g/mol. The Labute approximate surface area is 140 Å². The van der Waals surface area contributed by atoms with Gasteiger partial charge in [0.2, 0.25) is 0 Å². The van der Waals surface area contributed by atoms with Crippen molar-refractivity contribution in [2.45, 2.75) is 12.8 Å². The standard InChI is InChI=1S/C17H23F2N3O2/c1-20-6-8-22(9-7-20)17-14(18)10-13(11-15(17)19)24-12-16(23)21-4-2-3-5-21/h10-11H,2-9,12H2,1H3. The highest BCUT2D eigenvalue weighted by Crippen LogP contribution is 2.29. The van der Waals surface area contributed by atoms with Crippen LogP contribution in [0.25, 0.3) is 0 Å². The van der Waals surface area contributed by atoms with E-state index in [4.69, 9.17) is 4.74 Å². The van der Waals surface area contributed by atoms with Crippen LogP contribution >= 0.6 is 0 Å². The first kappa shape index (κ1) is 17.0. The van der Waals surface area contributed by atoms with Crippen molar-refractivity contribution >= 4 is 11.6 Å². The van der Waals surface area contributed by atoms with Crippen molar-refractivity contribution in [1.82, 2.24) is 9.80 Å². The maximum absolute atomic E-state index is 14.3. The lowest BCUT2D eigenvalue weighted by Gasteiger charge is -2.34. The lowest BCUT2D eigenvalue weighted by Crippen LogP contribution is -2.45. The van der Waals surface area contributed by atoms with E-state index in [0.29, 0.717) is 13.1 Å². The largest absolute Gasteiger partial charge is 0.484 e. The minimum Gasteiger partial charge on any atom is -0.484 e. The minimum absolute atomic E-state index is 0.0127. The number of rotatable bonds is 4. The van der Waals surface area contributed by atoms with E-state index in [1.165, 1.54) is 0 Å². The third-order valence-electron chi connectivity index (χ3n) is 4.63. The Morgan fingerprint density at radius 1 is 1.04 bits per heavy atom. The molecule has 1 aromatic rings. The molecular formula is C17H23F2N3O2. The number of halogens is 2. The summed E-state index contributed by atoms with van der Waals surface area (Å²) in [4.78, 5) is 17.5. The summed E-state index contributed by atoms with van der Waals surface area (Å²) in [6.45, 7) is 3.96. The van der Waals surface area contributed by atoms with E-state index in [1.54, 1.807) is 9.80 Å². The van der Waals surface area contributed by atoms with Crippen molar-refractivity contribution < 1.29 is 18.3 Å². The Balaban J connectivity index is 1.64. The van der Waals surface area contributed by atoms with Crippen molar-refractivity contribution in [3.8, 4) is 5.75 Å². The number of likely N-dealkylation sites (tertiary alicyclic amines) is 1. The molecule has 0 spiro atoms. The van der Waals surface area contributed by atoms with Crippen LogP contribution in [0.4, 0.5) is 14.5 Å². The molecule has 0 atom stereocenters. The third-order valence-corrected chi connectivity index (χ3v) is 4.63. The van der Waals surface area contributed by atoms with Gasteiger partial charge in [0.15, 0.2) is 18.2 Å². The molecule has 2 saturated heterocycles. The average Bonchev–Trinajstić information content (AvgIpc) is 3.08. The first-order valence-electron chi connectivity index (χ1n) is 8.37. The van der Waals surface area contributed by atoms with Gasteiger partial charge in [-0.2, -0.15) is 0 Å². The van der Waals surface area contributed by atoms with Crippen LogP contribution < -0.4 is 9.64 Å². The number of hydrogen-bond donors (Lipinski definition) is 0. The third kappa shape index (κ3) is 3.77. The first-order valence-corrected chi connectivity index (χ1v) is 8.37. The summed E-state index contributed by atoms with van der Waals surface area (Å²) >= 11 is 0. The zero-order valence-electron chi connectivity index (χ0n) is 13.9. The van der Waals surface area contributed by atoms with Crippen LogP contribution in [0.1, 0.15) is 12.8 Å². The highest BCUT2D eigenvalue weighted by Gasteiger charge is 2.23. The molecule has 3 rings (SSSR count). The maximum Gasteiger partial charge on any atom is 0.260 e. The molecule has 0 aromatic heterocycles. The Morgan fingerprint density at radius 3 is 2.21 bits per heavy atom. The lowest BCUT2D eigenvalue weighted by atomic mass is 10.2. The van der Waals surface area contributed by atoms with Gasteiger partial charge in [-0.25, -0.2) is 8.78 Å².